The lowest BCUT2D eigenvalue weighted by atomic mass is 10.5. The van der Waals surface area contributed by atoms with Crippen LogP contribution in [0.5, 0.6) is 0 Å². The molecule has 0 atom stereocenters. The molecule has 2 nitrogen and oxygen atoms in total. The van der Waals surface area contributed by atoms with Crippen LogP contribution in [0.4, 0.5) is 9.39 Å². The number of rotatable bonds is 0. The van der Waals surface area contributed by atoms with E-state index in [1.807, 2.05) is 0 Å². The van der Waals surface area contributed by atoms with E-state index in [4.69, 9.17) is 5.73 Å². The topological polar surface area (TPSA) is 38.9 Å². The lowest BCUT2D eigenvalue weighted by Gasteiger charge is -1.79. The summed E-state index contributed by atoms with van der Waals surface area (Å²) >= 11 is 0.984. The molecular weight excluding hydrogens is 127 g/mol. The maximum absolute atomic E-state index is 12.3. The van der Waals surface area contributed by atoms with E-state index in [-0.39, 0.29) is 10.8 Å². The van der Waals surface area contributed by atoms with E-state index < -0.39 is 0 Å². The molecule has 0 aromatic carbocycles. The Labute approximate surface area is 50.3 Å². The summed E-state index contributed by atoms with van der Waals surface area (Å²) in [5.41, 5.74) is 5.50. The van der Waals surface area contributed by atoms with Crippen LogP contribution >= 0.6 is 11.5 Å². The minimum atomic E-state index is -0.380. The van der Waals surface area contributed by atoms with Gasteiger partial charge in [0.15, 0.2) is 5.82 Å². The van der Waals surface area contributed by atoms with Crippen LogP contribution in [0.2, 0.25) is 0 Å². The molecule has 2 N–H and O–H groups in total. The van der Waals surface area contributed by atoms with Crippen molar-refractivity contribution in [3.05, 3.63) is 11.5 Å². The van der Waals surface area contributed by atoms with Crippen molar-refractivity contribution in [1.29, 1.82) is 0 Å². The van der Waals surface area contributed by atoms with Crippen molar-refractivity contribution in [3.63, 3.8) is 0 Å². The molecule has 0 unspecified atom stereocenters. The molecule has 44 valence electrons. The second-order valence-electron chi connectivity index (χ2n) is 1.45. The van der Waals surface area contributed by atoms with Crippen LogP contribution in [0, 0.1) is 12.7 Å². The highest BCUT2D eigenvalue weighted by Gasteiger charge is 2.03. The molecule has 0 aliphatic carbocycles. The Hall–Kier alpha value is -0.640. The van der Waals surface area contributed by atoms with Gasteiger partial charge in [-0.1, -0.05) is 0 Å². The van der Waals surface area contributed by atoms with Gasteiger partial charge in [-0.3, -0.25) is 0 Å². The van der Waals surface area contributed by atoms with Crippen LogP contribution in [-0.2, 0) is 0 Å². The first-order chi connectivity index (χ1) is 3.72. The summed E-state index contributed by atoms with van der Waals surface area (Å²) in [6.45, 7) is 1.59. The lowest BCUT2D eigenvalue weighted by Crippen LogP contribution is -1.82. The zero-order valence-electron chi connectivity index (χ0n) is 4.31. The van der Waals surface area contributed by atoms with Gasteiger partial charge < -0.3 is 5.73 Å². The first kappa shape index (κ1) is 5.50. The molecule has 1 aromatic rings. The number of aromatic nitrogens is 1. The van der Waals surface area contributed by atoms with Gasteiger partial charge in [-0.15, -0.1) is 0 Å². The summed E-state index contributed by atoms with van der Waals surface area (Å²) in [5, 5.41) is 0.169. The molecule has 0 radical (unpaired) electrons. The van der Waals surface area contributed by atoms with Gasteiger partial charge in [0.05, 0.1) is 5.69 Å². The van der Waals surface area contributed by atoms with Gasteiger partial charge in [-0.2, -0.15) is 4.37 Å². The number of halogens is 1. The molecule has 0 fully saturated rings. The highest BCUT2D eigenvalue weighted by Crippen LogP contribution is 2.16. The predicted octanol–water partition coefficient (Wildman–Crippen LogP) is 1.17. The number of aryl methyl sites for hydroxylation is 1. The molecule has 1 heterocycles. The molecule has 0 saturated carbocycles. The summed E-state index contributed by atoms with van der Waals surface area (Å²) in [5.74, 6) is -0.380. The van der Waals surface area contributed by atoms with Crippen LogP contribution in [0.1, 0.15) is 5.69 Å². The fourth-order valence-corrected chi connectivity index (χ4v) is 0.919. The van der Waals surface area contributed by atoms with E-state index in [2.05, 4.69) is 4.37 Å². The van der Waals surface area contributed by atoms with E-state index >= 15 is 0 Å². The zero-order chi connectivity index (χ0) is 6.15. The van der Waals surface area contributed by atoms with Crippen LogP contribution in [0.3, 0.4) is 0 Å². The second kappa shape index (κ2) is 1.70. The first-order valence-electron chi connectivity index (χ1n) is 2.09. The average molecular weight is 132 g/mol. The Morgan fingerprint density at radius 1 is 1.75 bits per heavy atom. The van der Waals surface area contributed by atoms with Gasteiger partial charge in [0.2, 0.25) is 0 Å². The fraction of sp³-hybridized carbons (Fsp3) is 0.250. The van der Waals surface area contributed by atoms with Gasteiger partial charge in [-0.25, -0.2) is 4.39 Å². The standard InChI is InChI=1S/C4H5FN2S/c1-2-3(5)4(6)8-7-2/h6H2,1H3. The summed E-state index contributed by atoms with van der Waals surface area (Å²) in [6, 6.07) is 0. The van der Waals surface area contributed by atoms with Gasteiger partial charge in [-0.05, 0) is 18.5 Å². The minimum absolute atomic E-state index is 0.169. The molecule has 0 amide bonds. The number of anilines is 1. The molecule has 4 heteroatoms. The second-order valence-corrected chi connectivity index (χ2v) is 2.25. The molecular formula is C4H5FN2S. The van der Waals surface area contributed by atoms with Crippen LogP contribution in [0.15, 0.2) is 0 Å². The zero-order valence-corrected chi connectivity index (χ0v) is 5.13. The van der Waals surface area contributed by atoms with Crippen LogP contribution < -0.4 is 5.73 Å². The maximum atomic E-state index is 12.3. The smallest absolute Gasteiger partial charge is 0.180 e. The molecule has 0 aliphatic heterocycles. The fourth-order valence-electron chi connectivity index (χ4n) is 0.376. The van der Waals surface area contributed by atoms with E-state index in [1.54, 1.807) is 6.92 Å². The van der Waals surface area contributed by atoms with Gasteiger partial charge in [0, 0.05) is 0 Å². The molecule has 1 aromatic heterocycles. The van der Waals surface area contributed by atoms with Crippen molar-refractivity contribution in [3.8, 4) is 0 Å². The molecule has 0 spiro atoms. The minimum Gasteiger partial charge on any atom is -0.387 e. The van der Waals surface area contributed by atoms with E-state index in [9.17, 15) is 4.39 Å². The van der Waals surface area contributed by atoms with E-state index in [0.717, 1.165) is 11.5 Å². The highest BCUT2D eigenvalue weighted by molar-refractivity contribution is 7.10. The van der Waals surface area contributed by atoms with Gasteiger partial charge in [0.25, 0.3) is 0 Å². The Bertz CT molecular complexity index is 176. The molecule has 0 saturated heterocycles. The monoisotopic (exact) mass is 132 g/mol. The Balaban J connectivity index is 3.19. The Kier molecular flexibility index (Phi) is 1.17. The average Bonchev–Trinajstić information content (AvgIpc) is 1.98. The number of nitrogens with zero attached hydrogens (tertiary/aromatic N) is 1. The van der Waals surface area contributed by atoms with Crippen molar-refractivity contribution in [2.24, 2.45) is 0 Å². The van der Waals surface area contributed by atoms with Crippen molar-refractivity contribution in [1.82, 2.24) is 4.37 Å². The summed E-state index contributed by atoms with van der Waals surface area (Å²) in [7, 11) is 0. The normalized spacial score (nSPS) is 9.75. The molecule has 0 bridgehead atoms. The maximum Gasteiger partial charge on any atom is 0.180 e. The van der Waals surface area contributed by atoms with Crippen molar-refractivity contribution < 1.29 is 4.39 Å². The quantitative estimate of drug-likeness (QED) is 0.575. The predicted molar refractivity (Wildman–Crippen MR) is 31.2 cm³/mol. The van der Waals surface area contributed by atoms with Crippen molar-refractivity contribution in [2.75, 3.05) is 5.73 Å². The van der Waals surface area contributed by atoms with E-state index in [0.29, 0.717) is 5.69 Å². The molecule has 8 heavy (non-hydrogen) atoms. The number of nitrogen functional groups attached to an aromatic ring is 1. The molecule has 1 rings (SSSR count). The Morgan fingerprint density at radius 2 is 2.38 bits per heavy atom. The van der Waals surface area contributed by atoms with Crippen LogP contribution in [-0.4, -0.2) is 4.37 Å². The number of hydrogen-bond donors (Lipinski definition) is 1. The number of nitrogens with two attached hydrogens (primary N) is 1. The Morgan fingerprint density at radius 3 is 2.50 bits per heavy atom. The summed E-state index contributed by atoms with van der Waals surface area (Å²) < 4.78 is 16.0. The number of hydrogen-bond acceptors (Lipinski definition) is 3. The third kappa shape index (κ3) is 0.667. The highest BCUT2D eigenvalue weighted by atomic mass is 32.1. The van der Waals surface area contributed by atoms with Gasteiger partial charge in [0.1, 0.15) is 5.00 Å². The molecule has 0 aliphatic rings. The summed E-state index contributed by atoms with van der Waals surface area (Å²) in [4.78, 5) is 0. The van der Waals surface area contributed by atoms with Crippen molar-refractivity contribution >= 4 is 16.5 Å². The summed E-state index contributed by atoms with van der Waals surface area (Å²) in [6.07, 6.45) is 0. The third-order valence-electron chi connectivity index (χ3n) is 0.815. The van der Waals surface area contributed by atoms with Crippen molar-refractivity contribution in [2.45, 2.75) is 6.92 Å². The van der Waals surface area contributed by atoms with Crippen LogP contribution in [0.25, 0.3) is 0 Å². The van der Waals surface area contributed by atoms with E-state index in [1.165, 1.54) is 0 Å². The lowest BCUT2D eigenvalue weighted by molar-refractivity contribution is 0.624. The SMILES string of the molecule is Cc1nsc(N)c1F. The van der Waals surface area contributed by atoms with Gasteiger partial charge >= 0.3 is 0 Å². The third-order valence-corrected chi connectivity index (χ3v) is 1.56. The largest absolute Gasteiger partial charge is 0.387 e. The first-order valence-corrected chi connectivity index (χ1v) is 2.86.